The van der Waals surface area contributed by atoms with Gasteiger partial charge in [-0.3, -0.25) is 4.98 Å². The first kappa shape index (κ1) is 26.6. The Bertz CT molecular complexity index is 1680. The van der Waals surface area contributed by atoms with Crippen LogP contribution in [0.1, 0.15) is 40.3 Å². The van der Waals surface area contributed by atoms with Gasteiger partial charge >= 0.3 is 0 Å². The molecule has 7 heteroatoms. The molecule has 6 nitrogen and oxygen atoms in total. The Morgan fingerprint density at radius 1 is 0.805 bits per heavy atom. The summed E-state index contributed by atoms with van der Waals surface area (Å²) in [5, 5.41) is 4.24. The minimum Gasteiger partial charge on any atom is -0.497 e. The van der Waals surface area contributed by atoms with Crippen molar-refractivity contribution in [3.63, 3.8) is 0 Å². The highest BCUT2D eigenvalue weighted by atomic mass is 32.1. The SMILES string of the molecule is COc1ccc(-n2c(C)cc([C@H]3[C@H](c4ccccn4)NC(=S)N3c3ccc(Oc4ccccc4C)cc3)c2C)cc1. The third kappa shape index (κ3) is 5.05. The molecular formula is C34H32N4O2S. The van der Waals surface area contributed by atoms with E-state index in [2.05, 4.69) is 65.0 Å². The molecule has 206 valence electrons. The molecule has 1 saturated heterocycles. The molecular weight excluding hydrogens is 528 g/mol. The lowest BCUT2D eigenvalue weighted by Gasteiger charge is -2.28. The Hall–Kier alpha value is -4.62. The summed E-state index contributed by atoms with van der Waals surface area (Å²) < 4.78 is 13.8. The molecule has 1 aliphatic rings. The van der Waals surface area contributed by atoms with E-state index in [4.69, 9.17) is 26.7 Å². The summed E-state index contributed by atoms with van der Waals surface area (Å²) in [5.74, 6) is 2.45. The number of aryl methyl sites for hydroxylation is 2. The molecule has 0 unspecified atom stereocenters. The second-order valence-corrected chi connectivity index (χ2v) is 10.6. The van der Waals surface area contributed by atoms with Crippen LogP contribution in [0, 0.1) is 20.8 Å². The standard InChI is InChI=1S/C34H32N4O2S/c1-22-9-5-6-11-31(22)40-28-18-14-26(15-19-28)38-33(32(36-34(38)41)30-10-7-8-20-35-30)29-21-23(2)37(24(29)3)25-12-16-27(39-4)17-13-25/h5-21,32-33H,1-4H3,(H,36,41)/t32-,33-/m0/s1. The van der Waals surface area contributed by atoms with Crippen LogP contribution in [0.4, 0.5) is 5.69 Å². The first-order valence-corrected chi connectivity index (χ1v) is 14.0. The highest BCUT2D eigenvalue weighted by Crippen LogP contribution is 2.44. The third-order valence-electron chi connectivity index (χ3n) is 7.65. The van der Waals surface area contributed by atoms with E-state index in [0.29, 0.717) is 5.11 Å². The molecule has 0 amide bonds. The van der Waals surface area contributed by atoms with Gasteiger partial charge in [-0.25, -0.2) is 0 Å². The van der Waals surface area contributed by atoms with Gasteiger partial charge in [0, 0.05) is 29.0 Å². The molecule has 2 atom stereocenters. The average Bonchev–Trinajstić information content (AvgIpc) is 3.49. The number of aromatic nitrogens is 2. The summed E-state index contributed by atoms with van der Waals surface area (Å²) in [4.78, 5) is 6.92. The molecule has 0 bridgehead atoms. The van der Waals surface area contributed by atoms with Crippen molar-refractivity contribution in [2.75, 3.05) is 12.0 Å². The largest absolute Gasteiger partial charge is 0.497 e. The minimum absolute atomic E-state index is 0.112. The van der Waals surface area contributed by atoms with Gasteiger partial charge < -0.3 is 24.3 Å². The van der Waals surface area contributed by atoms with Gasteiger partial charge in [-0.05, 0) is 117 Å². The van der Waals surface area contributed by atoms with E-state index in [0.717, 1.165) is 51.3 Å². The molecule has 41 heavy (non-hydrogen) atoms. The van der Waals surface area contributed by atoms with Crippen molar-refractivity contribution < 1.29 is 9.47 Å². The van der Waals surface area contributed by atoms with Crippen molar-refractivity contribution in [2.45, 2.75) is 32.9 Å². The van der Waals surface area contributed by atoms with Crippen molar-refractivity contribution >= 4 is 23.0 Å². The lowest BCUT2D eigenvalue weighted by molar-refractivity contribution is 0.414. The summed E-state index contributed by atoms with van der Waals surface area (Å²) in [7, 11) is 1.68. The van der Waals surface area contributed by atoms with Gasteiger partial charge in [0.15, 0.2) is 5.11 Å². The van der Waals surface area contributed by atoms with Crippen LogP contribution in [0.15, 0.2) is 103 Å². The number of nitrogens with one attached hydrogen (secondary N) is 1. The third-order valence-corrected chi connectivity index (χ3v) is 7.97. The van der Waals surface area contributed by atoms with Crippen molar-refractivity contribution in [3.05, 3.63) is 131 Å². The predicted molar refractivity (Wildman–Crippen MR) is 167 cm³/mol. The number of methoxy groups -OCH3 is 1. The number of hydrogen-bond acceptors (Lipinski definition) is 4. The Balaban J connectivity index is 1.40. The lowest BCUT2D eigenvalue weighted by atomic mass is 9.96. The maximum Gasteiger partial charge on any atom is 0.174 e. The zero-order chi connectivity index (χ0) is 28.5. The molecule has 5 aromatic rings. The molecule has 1 aliphatic heterocycles. The average molecular weight is 561 g/mol. The summed E-state index contributed by atoms with van der Waals surface area (Å²) in [6.45, 7) is 6.35. The van der Waals surface area contributed by atoms with Gasteiger partial charge in [0.25, 0.3) is 0 Å². The maximum atomic E-state index is 6.17. The van der Waals surface area contributed by atoms with Gasteiger partial charge in [-0.1, -0.05) is 24.3 Å². The predicted octanol–water partition coefficient (Wildman–Crippen LogP) is 7.78. The summed E-state index contributed by atoms with van der Waals surface area (Å²) >= 11 is 5.97. The number of ether oxygens (including phenoxy) is 2. The lowest BCUT2D eigenvalue weighted by Crippen LogP contribution is -2.29. The Kier molecular flexibility index (Phi) is 7.20. The van der Waals surface area contributed by atoms with Crippen LogP contribution in [0.25, 0.3) is 5.69 Å². The van der Waals surface area contributed by atoms with Gasteiger partial charge in [0.05, 0.1) is 24.9 Å². The molecule has 0 saturated carbocycles. The van der Waals surface area contributed by atoms with Crippen molar-refractivity contribution in [3.8, 4) is 22.9 Å². The van der Waals surface area contributed by atoms with Gasteiger partial charge in [0.2, 0.25) is 0 Å². The first-order chi connectivity index (χ1) is 19.9. The number of benzene rings is 3. The van der Waals surface area contributed by atoms with E-state index in [1.54, 1.807) is 7.11 Å². The first-order valence-electron chi connectivity index (χ1n) is 13.6. The Morgan fingerprint density at radius 3 is 2.17 bits per heavy atom. The van der Waals surface area contributed by atoms with E-state index in [9.17, 15) is 0 Å². The van der Waals surface area contributed by atoms with E-state index in [1.807, 2.05) is 73.8 Å². The molecule has 3 heterocycles. The van der Waals surface area contributed by atoms with Crippen molar-refractivity contribution in [1.82, 2.24) is 14.9 Å². The second-order valence-electron chi connectivity index (χ2n) is 10.2. The fraction of sp³-hybridized carbons (Fsp3) is 0.176. The van der Waals surface area contributed by atoms with Gasteiger partial charge in [-0.15, -0.1) is 0 Å². The van der Waals surface area contributed by atoms with E-state index < -0.39 is 0 Å². The highest BCUT2D eigenvalue weighted by Gasteiger charge is 2.42. The number of rotatable bonds is 7. The molecule has 2 aromatic heterocycles. The zero-order valence-electron chi connectivity index (χ0n) is 23.5. The van der Waals surface area contributed by atoms with Crippen LogP contribution in [0.3, 0.4) is 0 Å². The van der Waals surface area contributed by atoms with E-state index >= 15 is 0 Å². The molecule has 6 rings (SSSR count). The molecule has 0 spiro atoms. The van der Waals surface area contributed by atoms with Crippen LogP contribution in [-0.2, 0) is 0 Å². The summed E-state index contributed by atoms with van der Waals surface area (Å²) in [6, 6.07) is 32.3. The number of nitrogens with zero attached hydrogens (tertiary/aromatic N) is 3. The molecule has 0 aliphatic carbocycles. The number of pyridine rings is 1. The van der Waals surface area contributed by atoms with E-state index in [-0.39, 0.29) is 12.1 Å². The fourth-order valence-electron chi connectivity index (χ4n) is 5.64. The topological polar surface area (TPSA) is 51.5 Å². The fourth-order valence-corrected chi connectivity index (χ4v) is 5.98. The van der Waals surface area contributed by atoms with E-state index in [1.165, 1.54) is 5.56 Å². The monoisotopic (exact) mass is 560 g/mol. The van der Waals surface area contributed by atoms with Crippen molar-refractivity contribution in [2.24, 2.45) is 0 Å². The van der Waals surface area contributed by atoms with Crippen LogP contribution < -0.4 is 19.7 Å². The maximum absolute atomic E-state index is 6.17. The molecule has 3 aromatic carbocycles. The molecule has 0 radical (unpaired) electrons. The molecule has 1 N–H and O–H groups in total. The summed E-state index contributed by atoms with van der Waals surface area (Å²) in [5.41, 5.74) is 7.57. The number of para-hydroxylation sites is 1. The van der Waals surface area contributed by atoms with Gasteiger partial charge in [0.1, 0.15) is 17.2 Å². The molecule has 1 fully saturated rings. The Morgan fingerprint density at radius 2 is 1.49 bits per heavy atom. The smallest absolute Gasteiger partial charge is 0.174 e. The van der Waals surface area contributed by atoms with Gasteiger partial charge in [-0.2, -0.15) is 0 Å². The second kappa shape index (κ2) is 11.1. The van der Waals surface area contributed by atoms with Crippen LogP contribution in [0.5, 0.6) is 17.2 Å². The number of hydrogen-bond donors (Lipinski definition) is 1. The quantitative estimate of drug-likeness (QED) is 0.205. The minimum atomic E-state index is -0.128. The van der Waals surface area contributed by atoms with Crippen LogP contribution in [-0.4, -0.2) is 21.8 Å². The number of thiocarbonyl (C=S) groups is 1. The zero-order valence-corrected chi connectivity index (χ0v) is 24.4. The number of anilines is 1. The van der Waals surface area contributed by atoms with Crippen molar-refractivity contribution in [1.29, 1.82) is 0 Å². The van der Waals surface area contributed by atoms with Crippen LogP contribution in [0.2, 0.25) is 0 Å². The summed E-state index contributed by atoms with van der Waals surface area (Å²) in [6.07, 6.45) is 1.83. The normalized spacial score (nSPS) is 16.5. The Labute approximate surface area is 246 Å². The highest BCUT2D eigenvalue weighted by molar-refractivity contribution is 7.80. The van der Waals surface area contributed by atoms with Crippen LogP contribution >= 0.6 is 12.2 Å².